The Bertz CT molecular complexity index is 368. The molecule has 94 valence electrons. The first-order valence-corrected chi connectivity index (χ1v) is 5.89. The van der Waals surface area contributed by atoms with E-state index in [4.69, 9.17) is 14.3 Å². The lowest BCUT2D eigenvalue weighted by Gasteiger charge is -2.09. The van der Waals surface area contributed by atoms with Gasteiger partial charge < -0.3 is 19.6 Å². The lowest BCUT2D eigenvalue weighted by atomic mass is 10.2. The first-order valence-electron chi connectivity index (χ1n) is 5.89. The summed E-state index contributed by atoms with van der Waals surface area (Å²) in [6.07, 6.45) is 5.00. The van der Waals surface area contributed by atoms with Crippen LogP contribution in [0.1, 0.15) is 35.4 Å². The van der Waals surface area contributed by atoms with Crippen LogP contribution in [-0.4, -0.2) is 30.3 Å². The third-order valence-electron chi connectivity index (χ3n) is 2.93. The zero-order valence-electron chi connectivity index (χ0n) is 9.65. The second-order valence-corrected chi connectivity index (χ2v) is 4.16. The van der Waals surface area contributed by atoms with Crippen LogP contribution in [0.3, 0.4) is 0 Å². The summed E-state index contributed by atoms with van der Waals surface area (Å²) in [5.41, 5.74) is 0.231. The largest absolute Gasteiger partial charge is 0.478 e. The van der Waals surface area contributed by atoms with Crippen LogP contribution in [0.5, 0.6) is 0 Å². The summed E-state index contributed by atoms with van der Waals surface area (Å²) in [6.45, 7) is 2.12. The molecular weight excluding hydrogens is 222 g/mol. The van der Waals surface area contributed by atoms with E-state index in [1.807, 2.05) is 0 Å². The minimum atomic E-state index is -0.949. The summed E-state index contributed by atoms with van der Waals surface area (Å²) in [4.78, 5) is 10.8. The Labute approximate surface area is 99.8 Å². The molecule has 1 aliphatic rings. The van der Waals surface area contributed by atoms with Gasteiger partial charge in [0.05, 0.1) is 18.9 Å². The second kappa shape index (κ2) is 5.84. The Kier molecular flexibility index (Phi) is 4.17. The van der Waals surface area contributed by atoms with E-state index in [1.165, 1.54) is 12.3 Å². The monoisotopic (exact) mass is 239 g/mol. The number of aromatic carboxylic acids is 1. The molecule has 0 amide bonds. The zero-order valence-corrected chi connectivity index (χ0v) is 9.65. The molecule has 0 radical (unpaired) electrons. The predicted molar refractivity (Wildman–Crippen MR) is 61.0 cm³/mol. The molecule has 1 aliphatic heterocycles. The van der Waals surface area contributed by atoms with E-state index in [1.54, 1.807) is 0 Å². The van der Waals surface area contributed by atoms with Gasteiger partial charge in [-0.1, -0.05) is 0 Å². The maximum atomic E-state index is 10.8. The fourth-order valence-corrected chi connectivity index (χ4v) is 2.01. The quantitative estimate of drug-likeness (QED) is 0.738. The van der Waals surface area contributed by atoms with E-state index >= 15 is 0 Å². The number of carboxylic acid groups (broad SMARTS) is 1. The Hall–Kier alpha value is -1.33. The average Bonchev–Trinajstić information content (AvgIpc) is 2.95. The summed E-state index contributed by atoms with van der Waals surface area (Å²) < 4.78 is 10.6. The van der Waals surface area contributed by atoms with Crippen molar-refractivity contribution in [2.24, 2.45) is 0 Å². The number of hydrogen-bond donors (Lipinski definition) is 2. The normalized spacial score (nSPS) is 19.6. The molecule has 1 atom stereocenters. The van der Waals surface area contributed by atoms with Crippen LogP contribution in [0.2, 0.25) is 0 Å². The summed E-state index contributed by atoms with van der Waals surface area (Å²) >= 11 is 0. The Morgan fingerprint density at radius 1 is 1.59 bits per heavy atom. The predicted octanol–water partition coefficient (Wildman–Crippen LogP) is 1.64. The molecule has 0 aliphatic carbocycles. The van der Waals surface area contributed by atoms with Gasteiger partial charge in [-0.3, -0.25) is 0 Å². The number of hydrogen-bond acceptors (Lipinski definition) is 4. The lowest BCUT2D eigenvalue weighted by Crippen LogP contribution is -2.20. The highest BCUT2D eigenvalue weighted by atomic mass is 16.5. The first kappa shape index (κ1) is 12.1. The van der Waals surface area contributed by atoms with Crippen LogP contribution in [0.15, 0.2) is 16.7 Å². The number of carboxylic acids is 1. The number of rotatable bonds is 6. The van der Waals surface area contributed by atoms with Gasteiger partial charge in [-0.25, -0.2) is 4.79 Å². The molecule has 17 heavy (non-hydrogen) atoms. The SMILES string of the molecule is O=C(O)c1ccoc1CNCCC1CCCO1. The van der Waals surface area contributed by atoms with E-state index in [9.17, 15) is 4.79 Å². The Morgan fingerprint density at radius 3 is 3.18 bits per heavy atom. The molecule has 5 heteroatoms. The van der Waals surface area contributed by atoms with Crippen molar-refractivity contribution in [1.82, 2.24) is 5.32 Å². The molecule has 5 nitrogen and oxygen atoms in total. The molecule has 0 saturated carbocycles. The van der Waals surface area contributed by atoms with Crippen LogP contribution in [0.25, 0.3) is 0 Å². The van der Waals surface area contributed by atoms with Gasteiger partial charge in [-0.15, -0.1) is 0 Å². The van der Waals surface area contributed by atoms with Gasteiger partial charge in [0, 0.05) is 6.61 Å². The van der Waals surface area contributed by atoms with Gasteiger partial charge in [0.15, 0.2) is 0 Å². The highest BCUT2D eigenvalue weighted by Crippen LogP contribution is 2.15. The minimum absolute atomic E-state index is 0.231. The van der Waals surface area contributed by atoms with Crippen molar-refractivity contribution in [3.05, 3.63) is 23.7 Å². The molecular formula is C12H17NO4. The highest BCUT2D eigenvalue weighted by molar-refractivity contribution is 5.88. The molecule has 1 saturated heterocycles. The Balaban J connectivity index is 1.70. The average molecular weight is 239 g/mol. The molecule has 2 N–H and O–H groups in total. The second-order valence-electron chi connectivity index (χ2n) is 4.16. The molecule has 1 fully saturated rings. The van der Waals surface area contributed by atoms with Crippen molar-refractivity contribution >= 4 is 5.97 Å². The molecule has 0 spiro atoms. The summed E-state index contributed by atoms with van der Waals surface area (Å²) in [6, 6.07) is 1.47. The maximum absolute atomic E-state index is 10.8. The van der Waals surface area contributed by atoms with Gasteiger partial charge >= 0.3 is 5.97 Å². The number of furan rings is 1. The van der Waals surface area contributed by atoms with Gasteiger partial charge in [-0.2, -0.15) is 0 Å². The molecule has 2 heterocycles. The summed E-state index contributed by atoms with van der Waals surface area (Å²) in [5, 5.41) is 12.0. The van der Waals surface area contributed by atoms with E-state index in [-0.39, 0.29) is 5.56 Å². The lowest BCUT2D eigenvalue weighted by molar-refractivity contribution is 0.0694. The molecule has 0 aromatic carbocycles. The van der Waals surface area contributed by atoms with Crippen LogP contribution in [-0.2, 0) is 11.3 Å². The third kappa shape index (κ3) is 3.31. The van der Waals surface area contributed by atoms with E-state index in [0.29, 0.717) is 18.4 Å². The maximum Gasteiger partial charge on any atom is 0.339 e. The van der Waals surface area contributed by atoms with Gasteiger partial charge in [-0.05, 0) is 31.9 Å². The van der Waals surface area contributed by atoms with Crippen molar-refractivity contribution in [3.63, 3.8) is 0 Å². The van der Waals surface area contributed by atoms with Crippen molar-refractivity contribution in [1.29, 1.82) is 0 Å². The standard InChI is InChI=1S/C12H17NO4/c14-12(15)10-4-7-17-11(10)8-13-5-3-9-2-1-6-16-9/h4,7,9,13H,1-3,5-6,8H2,(H,14,15). The third-order valence-corrected chi connectivity index (χ3v) is 2.93. The van der Waals surface area contributed by atoms with Gasteiger partial charge in [0.1, 0.15) is 11.3 Å². The van der Waals surface area contributed by atoms with Crippen LogP contribution in [0, 0.1) is 0 Å². The summed E-state index contributed by atoms with van der Waals surface area (Å²) in [5.74, 6) is -0.473. The highest BCUT2D eigenvalue weighted by Gasteiger charge is 2.15. The number of ether oxygens (including phenoxy) is 1. The van der Waals surface area contributed by atoms with Gasteiger partial charge in [0.25, 0.3) is 0 Å². The van der Waals surface area contributed by atoms with Crippen molar-refractivity contribution in [2.75, 3.05) is 13.2 Å². The fraction of sp³-hybridized carbons (Fsp3) is 0.583. The molecule has 1 aromatic rings. The molecule has 2 rings (SSSR count). The number of carbonyl (C=O) groups is 1. The fourth-order valence-electron chi connectivity index (χ4n) is 2.01. The van der Waals surface area contributed by atoms with Crippen molar-refractivity contribution in [3.8, 4) is 0 Å². The number of nitrogens with one attached hydrogen (secondary N) is 1. The molecule has 0 bridgehead atoms. The van der Waals surface area contributed by atoms with Crippen molar-refractivity contribution < 1.29 is 19.1 Å². The van der Waals surface area contributed by atoms with E-state index in [2.05, 4.69) is 5.32 Å². The smallest absolute Gasteiger partial charge is 0.339 e. The topological polar surface area (TPSA) is 71.7 Å². The van der Waals surface area contributed by atoms with E-state index < -0.39 is 5.97 Å². The zero-order chi connectivity index (χ0) is 12.1. The van der Waals surface area contributed by atoms with Gasteiger partial charge in [0.2, 0.25) is 0 Å². The summed E-state index contributed by atoms with van der Waals surface area (Å²) in [7, 11) is 0. The van der Waals surface area contributed by atoms with E-state index in [0.717, 1.165) is 32.4 Å². The van der Waals surface area contributed by atoms with Crippen LogP contribution in [0.4, 0.5) is 0 Å². The minimum Gasteiger partial charge on any atom is -0.478 e. The molecule has 1 unspecified atom stereocenters. The van der Waals surface area contributed by atoms with Crippen LogP contribution < -0.4 is 5.32 Å². The Morgan fingerprint density at radius 2 is 2.47 bits per heavy atom. The molecule has 1 aromatic heterocycles. The first-order chi connectivity index (χ1) is 8.27. The van der Waals surface area contributed by atoms with Crippen LogP contribution >= 0.6 is 0 Å². The van der Waals surface area contributed by atoms with Crippen molar-refractivity contribution in [2.45, 2.75) is 31.9 Å².